The number of nitrogens with zero attached hydrogens (tertiary/aromatic N) is 2. The van der Waals surface area contributed by atoms with E-state index in [2.05, 4.69) is 49.1 Å². The zero-order valence-electron chi connectivity index (χ0n) is 26.5. The second-order valence-electron chi connectivity index (χ2n) is 13.5. The van der Waals surface area contributed by atoms with Gasteiger partial charge in [0.15, 0.2) is 0 Å². The van der Waals surface area contributed by atoms with E-state index >= 15 is 0 Å². The maximum absolute atomic E-state index is 14.1. The number of carbonyl (C=O) groups is 2. The van der Waals surface area contributed by atoms with Crippen LogP contribution in [0.1, 0.15) is 63.5 Å². The molecule has 7 rings (SSSR count). The smallest absolute Gasteiger partial charge is 0.234 e. The molecule has 4 atom stereocenters. The number of amides is 2. The predicted octanol–water partition coefficient (Wildman–Crippen LogP) is 7.12. The van der Waals surface area contributed by atoms with Crippen molar-refractivity contribution in [2.45, 2.75) is 71.1 Å². The minimum absolute atomic E-state index is 0.00182. The molecule has 0 unspecified atom stereocenters. The van der Waals surface area contributed by atoms with Crippen LogP contribution >= 0.6 is 0 Å². The number of allylic oxidation sites excluding steroid dienone is 2. The number of aromatic hydroxyl groups is 1. The highest BCUT2D eigenvalue weighted by Crippen LogP contribution is 2.51. The topological polar surface area (TPSA) is 70.1 Å². The van der Waals surface area contributed by atoms with E-state index in [0.717, 1.165) is 68.1 Å². The van der Waals surface area contributed by atoms with Gasteiger partial charge < -0.3 is 9.84 Å². The Morgan fingerprint density at radius 1 is 0.933 bits per heavy atom. The largest absolute Gasteiger partial charge is 0.507 e. The van der Waals surface area contributed by atoms with Gasteiger partial charge in [0.05, 0.1) is 24.5 Å². The zero-order chi connectivity index (χ0) is 31.1. The van der Waals surface area contributed by atoms with Crippen LogP contribution in [0, 0.1) is 17.8 Å². The predicted molar refractivity (Wildman–Crippen MR) is 177 cm³/mol. The average Bonchev–Trinajstić information content (AvgIpc) is 3.60. The molecular formula is C39H44N2O4. The quantitative estimate of drug-likeness (QED) is 0.219. The zero-order valence-corrected chi connectivity index (χ0v) is 26.5. The van der Waals surface area contributed by atoms with Gasteiger partial charge in [0, 0.05) is 37.0 Å². The number of benzene rings is 3. The summed E-state index contributed by atoms with van der Waals surface area (Å²) in [5.41, 5.74) is 6.29. The Balaban J connectivity index is 1.02. The van der Waals surface area contributed by atoms with Crippen LogP contribution in [0.3, 0.4) is 0 Å². The van der Waals surface area contributed by atoms with Gasteiger partial charge in [-0.05, 0) is 73.6 Å². The monoisotopic (exact) mass is 604 g/mol. The Kier molecular flexibility index (Phi) is 8.36. The van der Waals surface area contributed by atoms with E-state index in [1.807, 2.05) is 36.4 Å². The number of carbonyl (C=O) groups excluding carboxylic acids is 2. The second kappa shape index (κ2) is 12.6. The molecule has 1 aliphatic carbocycles. The Morgan fingerprint density at radius 2 is 1.67 bits per heavy atom. The molecule has 3 saturated heterocycles. The molecule has 0 radical (unpaired) electrons. The SMILES string of the molecule is CCC1=C2[C@@H](CC/C(C)=C/c3ccc(O)c4ccccc34)OC[C@@H]2[C@@H]2C(=O)N(C3CCN(Cc4ccccc4)CC3)C(=O)[C@@H]2C1. The molecule has 2 amide bonds. The van der Waals surface area contributed by atoms with Crippen molar-refractivity contribution < 1.29 is 19.4 Å². The highest BCUT2D eigenvalue weighted by molar-refractivity contribution is 6.06. The van der Waals surface area contributed by atoms with E-state index in [-0.39, 0.29) is 41.7 Å². The van der Waals surface area contributed by atoms with Crippen LogP contribution in [0.5, 0.6) is 5.75 Å². The first-order chi connectivity index (χ1) is 21.9. The third-order valence-corrected chi connectivity index (χ3v) is 10.8. The van der Waals surface area contributed by atoms with Crippen molar-refractivity contribution in [3.05, 3.63) is 94.6 Å². The lowest BCUT2D eigenvalue weighted by molar-refractivity contribution is -0.144. The summed E-state index contributed by atoms with van der Waals surface area (Å²) >= 11 is 0. The van der Waals surface area contributed by atoms with Gasteiger partial charge in [0.2, 0.25) is 11.8 Å². The van der Waals surface area contributed by atoms with Gasteiger partial charge in [-0.1, -0.05) is 84.8 Å². The van der Waals surface area contributed by atoms with Crippen LogP contribution in [-0.4, -0.2) is 58.6 Å². The van der Waals surface area contributed by atoms with Crippen molar-refractivity contribution in [2.75, 3.05) is 19.7 Å². The summed E-state index contributed by atoms with van der Waals surface area (Å²) in [6, 6.07) is 22.2. The van der Waals surface area contributed by atoms with Crippen molar-refractivity contribution >= 4 is 28.7 Å². The van der Waals surface area contributed by atoms with Crippen molar-refractivity contribution in [1.82, 2.24) is 9.80 Å². The van der Waals surface area contributed by atoms with Gasteiger partial charge in [0.25, 0.3) is 0 Å². The molecule has 6 nitrogen and oxygen atoms in total. The molecule has 0 spiro atoms. The van der Waals surface area contributed by atoms with Crippen LogP contribution in [0.15, 0.2) is 83.4 Å². The summed E-state index contributed by atoms with van der Waals surface area (Å²) in [4.78, 5) is 32.0. The molecule has 4 aliphatic rings. The normalized spacial score (nSPS) is 26.2. The van der Waals surface area contributed by atoms with Crippen LogP contribution in [-0.2, 0) is 20.9 Å². The third-order valence-electron chi connectivity index (χ3n) is 10.8. The number of ether oxygens (including phenoxy) is 1. The number of fused-ring (bicyclic) bond motifs is 4. The Labute approximate surface area is 266 Å². The molecule has 3 heterocycles. The molecule has 45 heavy (non-hydrogen) atoms. The van der Waals surface area contributed by atoms with Crippen LogP contribution in [0.4, 0.5) is 0 Å². The summed E-state index contributed by atoms with van der Waals surface area (Å²) in [6.07, 6.45) is 7.20. The van der Waals surface area contributed by atoms with E-state index in [1.54, 1.807) is 11.0 Å². The first-order valence-electron chi connectivity index (χ1n) is 16.8. The summed E-state index contributed by atoms with van der Waals surface area (Å²) in [5.74, 6) is -0.116. The highest BCUT2D eigenvalue weighted by atomic mass is 16.5. The van der Waals surface area contributed by atoms with Gasteiger partial charge in [-0.25, -0.2) is 0 Å². The van der Waals surface area contributed by atoms with E-state index in [1.165, 1.54) is 22.3 Å². The lowest BCUT2D eigenvalue weighted by Gasteiger charge is -2.36. The molecule has 3 aromatic rings. The van der Waals surface area contributed by atoms with E-state index in [4.69, 9.17) is 4.74 Å². The fraction of sp³-hybridized carbons (Fsp3) is 0.436. The summed E-state index contributed by atoms with van der Waals surface area (Å²) in [6.45, 7) is 7.57. The third kappa shape index (κ3) is 5.64. The molecule has 0 aromatic heterocycles. The lowest BCUT2D eigenvalue weighted by Crippen LogP contribution is -2.47. The van der Waals surface area contributed by atoms with E-state index < -0.39 is 0 Å². The number of piperidine rings is 1. The lowest BCUT2D eigenvalue weighted by atomic mass is 9.69. The van der Waals surface area contributed by atoms with Gasteiger partial charge in [-0.2, -0.15) is 0 Å². The number of phenols is 1. The first-order valence-corrected chi connectivity index (χ1v) is 16.8. The minimum Gasteiger partial charge on any atom is -0.507 e. The standard InChI is InChI=1S/C39H44N2O4/c1-3-27-22-32-37(39(44)41(38(32)43)29-17-19-40(20-18-29)23-26-9-5-4-6-10-26)33-24-45-35(36(27)33)16-13-25(2)21-28-14-15-34(42)31-12-8-7-11-30(28)31/h4-12,14-15,21,29,32-33,35,37,42H,3,13,16-20,22-24H2,1-2H3/b25-21+/t32-,33+,35-,37-/m1/s1. The maximum atomic E-state index is 14.1. The van der Waals surface area contributed by atoms with Crippen LogP contribution in [0.2, 0.25) is 0 Å². The number of likely N-dealkylation sites (tertiary alicyclic amines) is 2. The fourth-order valence-electron chi connectivity index (χ4n) is 8.50. The summed E-state index contributed by atoms with van der Waals surface area (Å²) < 4.78 is 6.45. The molecule has 3 fully saturated rings. The summed E-state index contributed by atoms with van der Waals surface area (Å²) in [5, 5.41) is 12.2. The Morgan fingerprint density at radius 3 is 2.42 bits per heavy atom. The van der Waals surface area contributed by atoms with Gasteiger partial charge in [0.1, 0.15) is 5.75 Å². The number of rotatable bonds is 8. The van der Waals surface area contributed by atoms with Crippen molar-refractivity contribution in [3.63, 3.8) is 0 Å². The maximum Gasteiger partial charge on any atom is 0.234 e. The van der Waals surface area contributed by atoms with Gasteiger partial charge in [-0.3, -0.25) is 19.4 Å². The van der Waals surface area contributed by atoms with E-state index in [0.29, 0.717) is 18.8 Å². The number of phenolic OH excluding ortho intramolecular Hbond substituents is 1. The molecule has 0 bridgehead atoms. The second-order valence-corrected chi connectivity index (χ2v) is 13.5. The molecular weight excluding hydrogens is 560 g/mol. The van der Waals surface area contributed by atoms with Crippen molar-refractivity contribution in [2.24, 2.45) is 17.8 Å². The van der Waals surface area contributed by atoms with Crippen LogP contribution < -0.4 is 0 Å². The Bertz CT molecular complexity index is 1650. The minimum atomic E-state index is -0.282. The van der Waals surface area contributed by atoms with Gasteiger partial charge in [-0.15, -0.1) is 0 Å². The Hall–Kier alpha value is -3.74. The molecule has 3 aromatic carbocycles. The number of imide groups is 1. The first kappa shape index (κ1) is 29.9. The molecule has 6 heteroatoms. The molecule has 234 valence electrons. The summed E-state index contributed by atoms with van der Waals surface area (Å²) in [7, 11) is 0. The van der Waals surface area contributed by atoms with Crippen LogP contribution in [0.25, 0.3) is 16.8 Å². The van der Waals surface area contributed by atoms with E-state index in [9.17, 15) is 14.7 Å². The van der Waals surface area contributed by atoms with Gasteiger partial charge >= 0.3 is 0 Å². The number of hydrogen-bond donors (Lipinski definition) is 1. The fourth-order valence-corrected chi connectivity index (χ4v) is 8.50. The average molecular weight is 605 g/mol. The molecule has 0 saturated carbocycles. The van der Waals surface area contributed by atoms with Crippen molar-refractivity contribution in [3.8, 4) is 5.75 Å². The highest BCUT2D eigenvalue weighted by Gasteiger charge is 2.58. The molecule has 1 N–H and O–H groups in total. The molecule has 3 aliphatic heterocycles. The van der Waals surface area contributed by atoms with Crippen molar-refractivity contribution in [1.29, 1.82) is 0 Å². The number of hydrogen-bond acceptors (Lipinski definition) is 5.